The molecule has 2 atom stereocenters. The van der Waals surface area contributed by atoms with Crippen molar-refractivity contribution < 1.29 is 10.5 Å². The summed E-state index contributed by atoms with van der Waals surface area (Å²) in [6, 6.07) is 8.84. The average molecular weight is 300 g/mol. The van der Waals surface area contributed by atoms with E-state index in [0.29, 0.717) is 6.04 Å². The summed E-state index contributed by atoms with van der Waals surface area (Å²) in [6.45, 7) is 3.03. The van der Waals surface area contributed by atoms with Gasteiger partial charge in [0.2, 0.25) is 0 Å². The Kier molecular flexibility index (Phi) is 2.86. The highest BCUT2D eigenvalue weighted by atomic mass is 16.2. The number of fused-ring (bicyclic) bond motifs is 3. The van der Waals surface area contributed by atoms with Crippen LogP contribution < -0.4 is 10.6 Å². The lowest BCUT2D eigenvalue weighted by atomic mass is 9.77. The Bertz CT molecular complexity index is 625. The molecular weight excluding hydrogens is 274 g/mol. The van der Waals surface area contributed by atoms with E-state index in [-0.39, 0.29) is 11.3 Å². The SMILES string of the molecule is CN1c2ccccc2[C@]2(C)CN(C3CCCCC3)C(=O)[C@]12[NH3+]. The number of hydrogen-bond donors (Lipinski definition) is 1. The van der Waals surface area contributed by atoms with Gasteiger partial charge in [-0.05, 0) is 31.4 Å². The zero-order chi connectivity index (χ0) is 15.5. The molecule has 2 heterocycles. The van der Waals surface area contributed by atoms with Gasteiger partial charge in [-0.25, -0.2) is 0 Å². The molecule has 118 valence electrons. The Balaban J connectivity index is 1.78. The molecule has 22 heavy (non-hydrogen) atoms. The monoisotopic (exact) mass is 300 g/mol. The molecule has 0 unspecified atom stereocenters. The fourth-order valence-corrected chi connectivity index (χ4v) is 4.96. The fraction of sp³-hybridized carbons (Fsp3) is 0.611. The van der Waals surface area contributed by atoms with Crippen molar-refractivity contribution >= 4 is 11.6 Å². The number of hydrogen-bond acceptors (Lipinski definition) is 2. The van der Waals surface area contributed by atoms with Crippen LogP contribution >= 0.6 is 0 Å². The summed E-state index contributed by atoms with van der Waals surface area (Å²) < 4.78 is 0. The Hall–Kier alpha value is -1.55. The van der Waals surface area contributed by atoms with Crippen LogP contribution in [0.3, 0.4) is 0 Å². The van der Waals surface area contributed by atoms with E-state index in [9.17, 15) is 4.79 Å². The molecule has 3 N–H and O–H groups in total. The summed E-state index contributed by atoms with van der Waals surface area (Å²) in [7, 11) is 2.03. The minimum atomic E-state index is -0.686. The van der Waals surface area contributed by atoms with Gasteiger partial charge in [0, 0.05) is 25.3 Å². The molecule has 1 amide bonds. The quantitative estimate of drug-likeness (QED) is 0.854. The molecule has 4 nitrogen and oxygen atoms in total. The number of anilines is 1. The van der Waals surface area contributed by atoms with Crippen LogP contribution in [0.2, 0.25) is 0 Å². The maximum absolute atomic E-state index is 13.3. The number of para-hydroxylation sites is 1. The van der Waals surface area contributed by atoms with Gasteiger partial charge in [0.1, 0.15) is 0 Å². The van der Waals surface area contributed by atoms with Crippen LogP contribution in [-0.4, -0.2) is 36.1 Å². The van der Waals surface area contributed by atoms with Gasteiger partial charge in [0.25, 0.3) is 5.66 Å². The van der Waals surface area contributed by atoms with E-state index in [0.717, 1.165) is 25.1 Å². The van der Waals surface area contributed by atoms with Crippen molar-refractivity contribution in [2.24, 2.45) is 0 Å². The maximum atomic E-state index is 13.3. The summed E-state index contributed by atoms with van der Waals surface area (Å²) in [4.78, 5) is 17.6. The zero-order valence-electron chi connectivity index (χ0n) is 13.6. The number of nitrogens with zero attached hydrogens (tertiary/aromatic N) is 2. The number of quaternary nitrogens is 1. The lowest BCUT2D eigenvalue weighted by molar-refractivity contribution is -0.466. The summed E-state index contributed by atoms with van der Waals surface area (Å²) in [5, 5.41) is 0. The first-order valence-electron chi connectivity index (χ1n) is 8.50. The van der Waals surface area contributed by atoms with Crippen molar-refractivity contribution in [1.29, 1.82) is 0 Å². The molecule has 0 aromatic heterocycles. The van der Waals surface area contributed by atoms with Gasteiger partial charge in [0.15, 0.2) is 0 Å². The van der Waals surface area contributed by atoms with Crippen LogP contribution in [0.1, 0.15) is 44.6 Å². The van der Waals surface area contributed by atoms with Crippen molar-refractivity contribution in [3.05, 3.63) is 29.8 Å². The van der Waals surface area contributed by atoms with E-state index in [1.54, 1.807) is 0 Å². The van der Waals surface area contributed by atoms with Gasteiger partial charge in [-0.2, -0.15) is 0 Å². The second kappa shape index (κ2) is 4.48. The predicted molar refractivity (Wildman–Crippen MR) is 86.4 cm³/mol. The van der Waals surface area contributed by atoms with E-state index in [1.807, 2.05) is 13.1 Å². The number of likely N-dealkylation sites (tertiary alicyclic amines) is 1. The molecule has 1 aromatic carbocycles. The van der Waals surface area contributed by atoms with Gasteiger partial charge in [-0.1, -0.05) is 37.5 Å². The highest BCUT2D eigenvalue weighted by Crippen LogP contribution is 2.53. The van der Waals surface area contributed by atoms with Gasteiger partial charge < -0.3 is 15.5 Å². The molecule has 1 saturated heterocycles. The summed E-state index contributed by atoms with van der Waals surface area (Å²) in [5.41, 5.74) is 6.00. The smallest absolute Gasteiger partial charge is 0.307 e. The molecule has 0 spiro atoms. The third-order valence-corrected chi connectivity index (χ3v) is 6.46. The number of amides is 1. The van der Waals surface area contributed by atoms with Crippen LogP contribution in [0.5, 0.6) is 0 Å². The fourth-order valence-electron chi connectivity index (χ4n) is 4.96. The number of rotatable bonds is 1. The van der Waals surface area contributed by atoms with Crippen molar-refractivity contribution in [3.8, 4) is 0 Å². The molecule has 2 fully saturated rings. The molecule has 1 saturated carbocycles. The van der Waals surface area contributed by atoms with E-state index in [1.165, 1.54) is 24.8 Å². The minimum absolute atomic E-state index is 0.215. The molecule has 0 bridgehead atoms. The van der Waals surface area contributed by atoms with Gasteiger partial charge in [0.05, 0.1) is 5.41 Å². The highest BCUT2D eigenvalue weighted by molar-refractivity contribution is 5.96. The maximum Gasteiger partial charge on any atom is 0.307 e. The van der Waals surface area contributed by atoms with Crippen molar-refractivity contribution in [3.63, 3.8) is 0 Å². The molecular formula is C18H26N3O+. The Morgan fingerprint density at radius 1 is 1.18 bits per heavy atom. The average Bonchev–Trinajstić information content (AvgIpc) is 2.87. The molecule has 2 aliphatic heterocycles. The molecule has 4 heteroatoms. The number of benzene rings is 1. The topological polar surface area (TPSA) is 51.2 Å². The van der Waals surface area contributed by atoms with Crippen LogP contribution in [0.15, 0.2) is 24.3 Å². The summed E-state index contributed by atoms with van der Waals surface area (Å²) in [5.74, 6) is 0.223. The summed E-state index contributed by atoms with van der Waals surface area (Å²) >= 11 is 0. The van der Waals surface area contributed by atoms with Crippen molar-refractivity contribution in [1.82, 2.24) is 4.90 Å². The van der Waals surface area contributed by atoms with Crippen LogP contribution in [0.4, 0.5) is 5.69 Å². The molecule has 0 radical (unpaired) electrons. The molecule has 1 aromatic rings. The number of likely N-dealkylation sites (N-methyl/N-ethyl adjacent to an activating group) is 1. The van der Waals surface area contributed by atoms with E-state index >= 15 is 0 Å². The third-order valence-electron chi connectivity index (χ3n) is 6.46. The van der Waals surface area contributed by atoms with Gasteiger partial charge >= 0.3 is 5.91 Å². The van der Waals surface area contributed by atoms with Crippen LogP contribution in [0.25, 0.3) is 0 Å². The first kappa shape index (κ1) is 14.1. The normalized spacial score (nSPS) is 35.0. The Morgan fingerprint density at radius 3 is 2.59 bits per heavy atom. The predicted octanol–water partition coefficient (Wildman–Crippen LogP) is 1.51. The molecule has 1 aliphatic carbocycles. The number of carbonyl (C=O) groups excluding carboxylic acids is 1. The van der Waals surface area contributed by atoms with E-state index in [4.69, 9.17) is 0 Å². The van der Waals surface area contributed by atoms with Gasteiger partial charge in [-0.3, -0.25) is 4.79 Å². The van der Waals surface area contributed by atoms with E-state index in [2.05, 4.69) is 40.7 Å². The van der Waals surface area contributed by atoms with Crippen molar-refractivity contribution in [2.75, 3.05) is 18.5 Å². The molecule has 3 aliphatic rings. The lowest BCUT2D eigenvalue weighted by Crippen LogP contribution is -2.87. The van der Waals surface area contributed by atoms with Crippen molar-refractivity contribution in [2.45, 2.75) is 56.1 Å². The van der Waals surface area contributed by atoms with Gasteiger partial charge in [-0.15, -0.1) is 0 Å². The van der Waals surface area contributed by atoms with Crippen LogP contribution in [-0.2, 0) is 10.2 Å². The largest absolute Gasteiger partial charge is 0.331 e. The molecule has 4 rings (SSSR count). The lowest BCUT2D eigenvalue weighted by Gasteiger charge is -2.33. The Morgan fingerprint density at radius 2 is 1.86 bits per heavy atom. The first-order chi connectivity index (χ1) is 10.5. The zero-order valence-corrected chi connectivity index (χ0v) is 13.6. The standard InChI is InChI=1S/C18H25N3O/c1-17-12-21(13-8-4-3-5-9-13)16(22)18(17,19)20(2)15-11-7-6-10-14(15)17/h6-7,10-11,13H,3-5,8-9,12,19H2,1-2H3/p+1/t17-,18-/m0/s1. The highest BCUT2D eigenvalue weighted by Gasteiger charge is 2.71. The van der Waals surface area contributed by atoms with Crippen LogP contribution in [0, 0.1) is 0 Å². The minimum Gasteiger partial charge on any atom is -0.331 e. The number of carbonyl (C=O) groups is 1. The van der Waals surface area contributed by atoms with E-state index < -0.39 is 5.66 Å². The Labute approximate surface area is 132 Å². The first-order valence-corrected chi connectivity index (χ1v) is 8.50. The summed E-state index contributed by atoms with van der Waals surface area (Å²) in [6.07, 6.45) is 6.13. The second-order valence-corrected chi connectivity index (χ2v) is 7.49. The third kappa shape index (κ3) is 1.49. The second-order valence-electron chi connectivity index (χ2n) is 7.49.